The average molecular weight is 353 g/mol. The largest absolute Gasteiger partial charge is 0.236 e. The summed E-state index contributed by atoms with van der Waals surface area (Å²) in [5.41, 5.74) is 5.02. The molecule has 0 aliphatic carbocycles. The number of hydrogen-bond donors (Lipinski definition) is 0. The van der Waals surface area contributed by atoms with Gasteiger partial charge in [0.15, 0.2) is 0 Å². The summed E-state index contributed by atoms with van der Waals surface area (Å²) in [4.78, 5) is 6.33. The minimum atomic E-state index is 1.01. The molecule has 26 heavy (non-hydrogen) atoms. The lowest BCUT2D eigenvalue weighted by molar-refractivity contribution is 1.14. The van der Waals surface area contributed by atoms with Gasteiger partial charge in [0, 0.05) is 26.4 Å². The van der Waals surface area contributed by atoms with Crippen LogP contribution in [0.15, 0.2) is 66.7 Å². The first-order chi connectivity index (χ1) is 12.8. The van der Waals surface area contributed by atoms with Crippen molar-refractivity contribution in [3.05, 3.63) is 77.9 Å². The minimum Gasteiger partial charge on any atom is -0.236 e. The van der Waals surface area contributed by atoms with Crippen molar-refractivity contribution in [2.45, 2.75) is 20.3 Å². The topological polar surface area (TPSA) is 12.9 Å². The third-order valence-electron chi connectivity index (χ3n) is 5.22. The van der Waals surface area contributed by atoms with Crippen LogP contribution in [0.2, 0.25) is 0 Å². The summed E-state index contributed by atoms with van der Waals surface area (Å²) in [7, 11) is 0. The van der Waals surface area contributed by atoms with Crippen molar-refractivity contribution in [1.29, 1.82) is 0 Å². The van der Waals surface area contributed by atoms with Crippen molar-refractivity contribution < 1.29 is 0 Å². The van der Waals surface area contributed by atoms with Crippen LogP contribution in [0, 0.1) is 6.92 Å². The van der Waals surface area contributed by atoms with Gasteiger partial charge in [0.25, 0.3) is 0 Å². The molecule has 3 aromatic carbocycles. The van der Waals surface area contributed by atoms with E-state index >= 15 is 0 Å². The monoisotopic (exact) mass is 353 g/mol. The van der Waals surface area contributed by atoms with Crippen LogP contribution in [-0.2, 0) is 6.42 Å². The molecule has 0 unspecified atom stereocenters. The molecule has 0 saturated carbocycles. The highest BCUT2D eigenvalue weighted by atomic mass is 32.1. The number of hydrogen-bond acceptors (Lipinski definition) is 2. The van der Waals surface area contributed by atoms with Crippen LogP contribution in [-0.4, -0.2) is 4.98 Å². The maximum Gasteiger partial charge on any atom is 0.125 e. The maximum absolute atomic E-state index is 5.20. The molecule has 126 valence electrons. The van der Waals surface area contributed by atoms with Gasteiger partial charge < -0.3 is 0 Å². The van der Waals surface area contributed by atoms with Gasteiger partial charge in [-0.2, -0.15) is 0 Å². The molecule has 0 atom stereocenters. The van der Waals surface area contributed by atoms with E-state index in [1.807, 2.05) is 0 Å². The summed E-state index contributed by atoms with van der Waals surface area (Å²) in [6.45, 7) is 4.41. The fourth-order valence-corrected chi connectivity index (χ4v) is 5.07. The van der Waals surface area contributed by atoms with Crippen LogP contribution in [0.4, 0.5) is 0 Å². The first-order valence-corrected chi connectivity index (χ1v) is 9.88. The molecule has 0 radical (unpaired) electrons. The lowest BCUT2D eigenvalue weighted by Crippen LogP contribution is -1.93. The zero-order valence-electron chi connectivity index (χ0n) is 14.9. The van der Waals surface area contributed by atoms with Gasteiger partial charge in [0.05, 0.1) is 5.69 Å². The fourth-order valence-electron chi connectivity index (χ4n) is 3.97. The fraction of sp³-hybridized carbons (Fsp3) is 0.125. The molecule has 2 heteroatoms. The van der Waals surface area contributed by atoms with Crippen molar-refractivity contribution in [1.82, 2.24) is 4.98 Å². The van der Waals surface area contributed by atoms with E-state index in [0.29, 0.717) is 0 Å². The molecule has 0 N–H and O–H groups in total. The van der Waals surface area contributed by atoms with Gasteiger partial charge in [-0.3, -0.25) is 0 Å². The second-order valence-electron chi connectivity index (χ2n) is 6.75. The van der Waals surface area contributed by atoms with E-state index in [4.69, 9.17) is 4.98 Å². The Balaban J connectivity index is 2.02. The Labute approximate surface area is 156 Å². The highest BCUT2D eigenvalue weighted by Crippen LogP contribution is 2.42. The zero-order valence-corrected chi connectivity index (χ0v) is 15.7. The Kier molecular flexibility index (Phi) is 3.54. The molecule has 0 aliphatic rings. The zero-order chi connectivity index (χ0) is 17.7. The Morgan fingerprint density at radius 3 is 2.46 bits per heavy atom. The average Bonchev–Trinajstić information content (AvgIpc) is 3.06. The summed E-state index contributed by atoms with van der Waals surface area (Å²) in [5, 5.41) is 5.20. The SMILES string of the molecule is CCc1ccccc1-c1nc2sc3ccccc3c2c2cccc(C)c12. The number of thiophene rings is 1. The highest BCUT2D eigenvalue weighted by Gasteiger charge is 2.17. The van der Waals surface area contributed by atoms with Crippen LogP contribution >= 0.6 is 11.3 Å². The second kappa shape index (κ2) is 5.93. The molecule has 2 heterocycles. The standard InChI is InChI=1S/C24H19NS/c1-3-16-10-4-5-11-17(16)23-21-15(2)9-8-13-19(21)22-18-12-6-7-14-20(18)26-24(22)25-23/h4-14H,3H2,1-2H3. The molecule has 5 aromatic rings. The molecule has 0 saturated heterocycles. The predicted octanol–water partition coefficient (Wildman–Crippen LogP) is 7.14. The summed E-state index contributed by atoms with van der Waals surface area (Å²) in [6.07, 6.45) is 1.01. The van der Waals surface area contributed by atoms with E-state index in [-0.39, 0.29) is 0 Å². The number of benzene rings is 3. The number of nitrogens with zero attached hydrogens (tertiary/aromatic N) is 1. The molecule has 1 nitrogen and oxygen atoms in total. The Morgan fingerprint density at radius 2 is 1.58 bits per heavy atom. The molecule has 0 aliphatic heterocycles. The maximum atomic E-state index is 5.20. The van der Waals surface area contributed by atoms with Gasteiger partial charge in [-0.05, 0) is 35.9 Å². The Bertz CT molecular complexity index is 1280. The Hall–Kier alpha value is -2.71. The van der Waals surface area contributed by atoms with Crippen LogP contribution < -0.4 is 0 Å². The first-order valence-electron chi connectivity index (χ1n) is 9.06. The number of rotatable bonds is 2. The van der Waals surface area contributed by atoms with Crippen LogP contribution in [0.5, 0.6) is 0 Å². The highest BCUT2D eigenvalue weighted by molar-refractivity contribution is 7.25. The van der Waals surface area contributed by atoms with Crippen LogP contribution in [0.3, 0.4) is 0 Å². The summed E-state index contributed by atoms with van der Waals surface area (Å²) in [6, 6.07) is 23.9. The number of fused-ring (bicyclic) bond motifs is 5. The smallest absolute Gasteiger partial charge is 0.125 e. The van der Waals surface area contributed by atoms with Gasteiger partial charge in [0.1, 0.15) is 4.83 Å². The number of pyridine rings is 1. The minimum absolute atomic E-state index is 1.01. The summed E-state index contributed by atoms with van der Waals surface area (Å²) < 4.78 is 1.30. The molecule has 0 spiro atoms. The first kappa shape index (κ1) is 15.5. The predicted molar refractivity (Wildman–Crippen MR) is 114 cm³/mol. The quantitative estimate of drug-likeness (QED) is 0.328. The van der Waals surface area contributed by atoms with Crippen LogP contribution in [0.1, 0.15) is 18.1 Å². The van der Waals surface area contributed by atoms with Gasteiger partial charge in [0.2, 0.25) is 0 Å². The Morgan fingerprint density at radius 1 is 0.808 bits per heavy atom. The van der Waals surface area contributed by atoms with Crippen molar-refractivity contribution in [3.8, 4) is 11.3 Å². The number of aryl methyl sites for hydroxylation is 2. The van der Waals surface area contributed by atoms with Crippen molar-refractivity contribution in [3.63, 3.8) is 0 Å². The van der Waals surface area contributed by atoms with E-state index in [9.17, 15) is 0 Å². The van der Waals surface area contributed by atoms with E-state index in [0.717, 1.165) is 16.9 Å². The number of aromatic nitrogens is 1. The second-order valence-corrected chi connectivity index (χ2v) is 7.78. The molecular formula is C24H19NS. The van der Waals surface area contributed by atoms with Gasteiger partial charge in [-0.25, -0.2) is 4.98 Å². The van der Waals surface area contributed by atoms with Crippen molar-refractivity contribution in [2.24, 2.45) is 0 Å². The normalized spacial score (nSPS) is 11.6. The van der Waals surface area contributed by atoms with E-state index in [1.54, 1.807) is 11.3 Å². The summed E-state index contributed by atoms with van der Waals surface area (Å²) in [5.74, 6) is 0. The third kappa shape index (κ3) is 2.19. The molecule has 0 bridgehead atoms. The van der Waals surface area contributed by atoms with Crippen molar-refractivity contribution >= 4 is 42.4 Å². The third-order valence-corrected chi connectivity index (χ3v) is 6.29. The van der Waals surface area contributed by atoms with E-state index in [1.165, 1.54) is 42.9 Å². The summed E-state index contributed by atoms with van der Waals surface area (Å²) >= 11 is 1.79. The molecular weight excluding hydrogens is 334 g/mol. The molecule has 5 rings (SSSR count). The molecule has 2 aromatic heterocycles. The lowest BCUT2D eigenvalue weighted by Gasteiger charge is -2.13. The van der Waals surface area contributed by atoms with Crippen molar-refractivity contribution in [2.75, 3.05) is 0 Å². The van der Waals surface area contributed by atoms with Gasteiger partial charge in [-0.15, -0.1) is 11.3 Å². The van der Waals surface area contributed by atoms with Crippen LogP contribution in [0.25, 0.3) is 42.3 Å². The van der Waals surface area contributed by atoms with E-state index in [2.05, 4.69) is 80.6 Å². The van der Waals surface area contributed by atoms with Gasteiger partial charge >= 0.3 is 0 Å². The lowest BCUT2D eigenvalue weighted by atomic mass is 9.94. The van der Waals surface area contributed by atoms with E-state index < -0.39 is 0 Å². The molecule has 0 amide bonds. The molecule has 0 fully saturated rings. The van der Waals surface area contributed by atoms with Gasteiger partial charge in [-0.1, -0.05) is 67.6 Å².